The Bertz CT molecular complexity index is 639. The Morgan fingerprint density at radius 2 is 1.69 bits per heavy atom. The lowest BCUT2D eigenvalue weighted by Crippen LogP contribution is -2.59. The summed E-state index contributed by atoms with van der Waals surface area (Å²) in [5.74, 6) is 0. The minimum Gasteiger partial charge on any atom is -0.393 e. The fourth-order valence-electron chi connectivity index (χ4n) is 3.39. The third-order valence-corrected chi connectivity index (χ3v) is 5.62. The predicted octanol–water partition coefficient (Wildman–Crippen LogP) is -2.07. The lowest BCUT2D eigenvalue weighted by Gasteiger charge is -2.40. The van der Waals surface area contributed by atoms with Gasteiger partial charge in [0.15, 0.2) is 12.6 Å². The van der Waals surface area contributed by atoms with Crippen LogP contribution in [0, 0.1) is 0 Å². The fraction of sp³-hybridized carbons (Fsp3) is 0.810. The molecule has 0 aromatic heterocycles. The molecule has 8 atom stereocenters. The third-order valence-electron chi connectivity index (χ3n) is 5.62. The summed E-state index contributed by atoms with van der Waals surface area (Å²) in [4.78, 5) is 0. The van der Waals surface area contributed by atoms with Crippen LogP contribution in [0.1, 0.15) is 26.7 Å². The van der Waals surface area contributed by atoms with Crippen LogP contribution in [0.2, 0.25) is 0 Å². The number of aliphatic hydroxyl groups excluding tert-OH is 6. The zero-order valence-corrected chi connectivity index (χ0v) is 18.4. The Balaban J connectivity index is 1.86. The van der Waals surface area contributed by atoms with Gasteiger partial charge in [0.05, 0.1) is 33.0 Å². The molecule has 186 valence electrons. The fourth-order valence-corrected chi connectivity index (χ4v) is 3.39. The highest BCUT2D eigenvalue weighted by molar-refractivity contribution is 5.04. The minimum absolute atomic E-state index is 0.00173. The van der Waals surface area contributed by atoms with E-state index >= 15 is 0 Å². The molecule has 0 radical (unpaired) electrons. The summed E-state index contributed by atoms with van der Waals surface area (Å²) in [7, 11) is 0. The third kappa shape index (κ3) is 7.02. The number of aliphatic hydroxyl groups is 7. The molecule has 0 bridgehead atoms. The molecule has 0 saturated carbocycles. The van der Waals surface area contributed by atoms with Crippen molar-refractivity contribution in [1.29, 1.82) is 0 Å². The molecule has 2 rings (SSSR count). The van der Waals surface area contributed by atoms with Gasteiger partial charge in [-0.15, -0.1) is 0 Å². The van der Waals surface area contributed by atoms with Gasteiger partial charge in [0.1, 0.15) is 36.1 Å². The number of allylic oxidation sites excluding steroid dienone is 2. The second-order valence-electron chi connectivity index (χ2n) is 8.37. The zero-order valence-electron chi connectivity index (χ0n) is 18.4. The number of hydrogen-bond acceptors (Lipinski definition) is 11. The molecule has 7 N–H and O–H groups in total. The van der Waals surface area contributed by atoms with Gasteiger partial charge in [-0.2, -0.15) is 0 Å². The summed E-state index contributed by atoms with van der Waals surface area (Å²) in [5, 5.41) is 68.6. The molecule has 11 heteroatoms. The van der Waals surface area contributed by atoms with Gasteiger partial charge in [-0.1, -0.05) is 23.3 Å². The van der Waals surface area contributed by atoms with Crippen molar-refractivity contribution in [2.75, 3.05) is 33.0 Å². The maximum Gasteiger partial charge on any atom is 0.187 e. The summed E-state index contributed by atoms with van der Waals surface area (Å²) < 4.78 is 21.6. The zero-order chi connectivity index (χ0) is 23.9. The van der Waals surface area contributed by atoms with Gasteiger partial charge >= 0.3 is 0 Å². The summed E-state index contributed by atoms with van der Waals surface area (Å²) in [6, 6.07) is 0. The van der Waals surface area contributed by atoms with Gasteiger partial charge in [0.2, 0.25) is 0 Å². The smallest absolute Gasteiger partial charge is 0.187 e. The molecule has 11 nitrogen and oxygen atoms in total. The van der Waals surface area contributed by atoms with E-state index in [0.29, 0.717) is 0 Å². The van der Waals surface area contributed by atoms with Crippen molar-refractivity contribution >= 4 is 0 Å². The van der Waals surface area contributed by atoms with Crippen LogP contribution >= 0.6 is 0 Å². The summed E-state index contributed by atoms with van der Waals surface area (Å²) in [6.45, 7) is 2.50. The van der Waals surface area contributed by atoms with Crippen LogP contribution < -0.4 is 0 Å². The molecule has 0 aromatic carbocycles. The first-order valence-electron chi connectivity index (χ1n) is 10.6. The monoisotopic (exact) mass is 464 g/mol. The van der Waals surface area contributed by atoms with E-state index in [1.807, 2.05) is 19.9 Å². The van der Waals surface area contributed by atoms with E-state index in [1.54, 1.807) is 6.08 Å². The van der Waals surface area contributed by atoms with Crippen molar-refractivity contribution in [3.8, 4) is 0 Å². The van der Waals surface area contributed by atoms with Gasteiger partial charge in [0, 0.05) is 0 Å². The van der Waals surface area contributed by atoms with Crippen molar-refractivity contribution in [3.05, 3.63) is 23.3 Å². The van der Waals surface area contributed by atoms with Gasteiger partial charge in [-0.3, -0.25) is 0 Å². The Labute approximate surface area is 187 Å². The van der Waals surface area contributed by atoms with Crippen molar-refractivity contribution in [3.63, 3.8) is 0 Å². The number of hydrogen-bond donors (Lipinski definition) is 7. The van der Waals surface area contributed by atoms with Crippen LogP contribution in [-0.4, -0.2) is 117 Å². The van der Waals surface area contributed by atoms with Crippen LogP contribution in [-0.2, 0) is 18.9 Å². The molecule has 0 amide bonds. The number of ether oxygens (including phenoxy) is 4. The van der Waals surface area contributed by atoms with E-state index < -0.39 is 55.3 Å². The second-order valence-corrected chi connectivity index (χ2v) is 8.37. The maximum absolute atomic E-state index is 10.2. The van der Waals surface area contributed by atoms with Gasteiger partial charge in [-0.25, -0.2) is 0 Å². The molecule has 2 saturated heterocycles. The first-order valence-corrected chi connectivity index (χ1v) is 10.6. The van der Waals surface area contributed by atoms with Crippen molar-refractivity contribution in [2.24, 2.45) is 0 Å². The average Bonchev–Trinajstić information content (AvgIpc) is 3.05. The molecule has 2 aliphatic rings. The first-order chi connectivity index (χ1) is 15.1. The van der Waals surface area contributed by atoms with Gasteiger partial charge in [-0.05, 0) is 26.7 Å². The van der Waals surface area contributed by atoms with Gasteiger partial charge in [0.25, 0.3) is 0 Å². The van der Waals surface area contributed by atoms with Crippen LogP contribution in [0.3, 0.4) is 0 Å². The normalized spacial score (nSPS) is 39.0. The van der Waals surface area contributed by atoms with Crippen molar-refractivity contribution in [2.45, 2.75) is 75.4 Å². The molecule has 8 unspecified atom stereocenters. The Hall–Kier alpha value is -0.960. The number of rotatable bonds is 11. The van der Waals surface area contributed by atoms with E-state index in [2.05, 4.69) is 0 Å². The Kier molecular flexibility index (Phi) is 10.6. The van der Waals surface area contributed by atoms with Crippen molar-refractivity contribution < 1.29 is 54.7 Å². The van der Waals surface area contributed by atoms with Gasteiger partial charge < -0.3 is 54.7 Å². The Morgan fingerprint density at radius 1 is 0.969 bits per heavy atom. The van der Waals surface area contributed by atoms with Crippen LogP contribution in [0.4, 0.5) is 0 Å². The lowest BCUT2D eigenvalue weighted by molar-refractivity contribution is -0.307. The standard InChI is InChI=1S/C21H36O11/c1-12(6-7-22)4-3-5-13(2)8-29-19-17(26)16(25)15(24)14(32-19)9-30-20-18(27)21(28,10-23)11-31-20/h5-6,14-20,22-28H,3-4,7-11H2,1-2H3. The molecule has 2 fully saturated rings. The maximum atomic E-state index is 10.2. The van der Waals surface area contributed by atoms with E-state index in [9.17, 15) is 30.6 Å². The minimum atomic E-state index is -1.85. The molecule has 2 heterocycles. The summed E-state index contributed by atoms with van der Waals surface area (Å²) in [6.07, 6.45) is -4.43. The molecular formula is C21H36O11. The van der Waals surface area contributed by atoms with Crippen LogP contribution in [0.25, 0.3) is 0 Å². The molecule has 32 heavy (non-hydrogen) atoms. The quantitative estimate of drug-likeness (QED) is 0.167. The Morgan fingerprint density at radius 3 is 2.31 bits per heavy atom. The second kappa shape index (κ2) is 12.5. The highest BCUT2D eigenvalue weighted by Crippen LogP contribution is 2.27. The van der Waals surface area contributed by atoms with E-state index in [1.165, 1.54) is 0 Å². The average molecular weight is 465 g/mol. The first kappa shape index (κ1) is 27.3. The van der Waals surface area contributed by atoms with Crippen LogP contribution in [0.5, 0.6) is 0 Å². The van der Waals surface area contributed by atoms with E-state index in [0.717, 1.165) is 24.0 Å². The van der Waals surface area contributed by atoms with Crippen LogP contribution in [0.15, 0.2) is 23.3 Å². The molecule has 2 aliphatic heterocycles. The van der Waals surface area contributed by atoms with E-state index in [4.69, 9.17) is 24.1 Å². The molecule has 0 aliphatic carbocycles. The topological polar surface area (TPSA) is 179 Å². The summed E-state index contributed by atoms with van der Waals surface area (Å²) in [5.41, 5.74) is 0.0861. The molecule has 0 aromatic rings. The van der Waals surface area contributed by atoms with E-state index in [-0.39, 0.29) is 26.4 Å². The summed E-state index contributed by atoms with van der Waals surface area (Å²) >= 11 is 0. The van der Waals surface area contributed by atoms with Crippen molar-refractivity contribution in [1.82, 2.24) is 0 Å². The highest BCUT2D eigenvalue weighted by atomic mass is 16.7. The largest absolute Gasteiger partial charge is 0.393 e. The lowest BCUT2D eigenvalue weighted by atomic mass is 9.99. The molecular weight excluding hydrogens is 428 g/mol. The molecule has 0 spiro atoms. The highest BCUT2D eigenvalue weighted by Gasteiger charge is 2.50. The predicted molar refractivity (Wildman–Crippen MR) is 110 cm³/mol. The SMILES string of the molecule is CC(=CCO)CCC=C(C)COC1OC(COC2OCC(O)(CO)C2O)C(O)C(O)C1O.